The lowest BCUT2D eigenvalue weighted by molar-refractivity contribution is -0.128. The van der Waals surface area contributed by atoms with Crippen molar-refractivity contribution < 1.29 is 23.1 Å². The van der Waals surface area contributed by atoms with E-state index in [-0.39, 0.29) is 18.2 Å². The molecule has 0 aliphatic rings. The molecule has 2 amide bonds. The largest absolute Gasteiger partial charge is 0.484 e. The first-order valence-corrected chi connectivity index (χ1v) is 6.94. The van der Waals surface area contributed by atoms with Gasteiger partial charge in [-0.15, -0.1) is 0 Å². The molecule has 7 heteroatoms. The van der Waals surface area contributed by atoms with Crippen molar-refractivity contribution in [2.75, 3.05) is 6.61 Å². The Morgan fingerprint density at radius 1 is 1.00 bits per heavy atom. The molecular weight excluding hydrogens is 318 g/mol. The fraction of sp³-hybridized carbons (Fsp3) is 0.0588. The maximum atomic E-state index is 12.9. The molecule has 0 saturated carbocycles. The first-order valence-electron chi connectivity index (χ1n) is 6.94. The van der Waals surface area contributed by atoms with Gasteiger partial charge in [-0.1, -0.05) is 18.2 Å². The highest BCUT2D eigenvalue weighted by atomic mass is 19.1. The molecule has 0 radical (unpaired) electrons. The van der Waals surface area contributed by atoms with Gasteiger partial charge in [-0.05, 0) is 35.9 Å². The number of hydrogen-bond acceptors (Lipinski definition) is 3. The molecule has 2 rings (SSSR count). The predicted molar refractivity (Wildman–Crippen MR) is 83.6 cm³/mol. The number of nitrogens with one attached hydrogen (secondary N) is 2. The zero-order chi connectivity index (χ0) is 17.4. The minimum Gasteiger partial charge on any atom is -0.484 e. The highest BCUT2D eigenvalue weighted by molar-refractivity contribution is 5.93. The Balaban J connectivity index is 1.72. The number of carbonyl (C=O) groups is 2. The summed E-state index contributed by atoms with van der Waals surface area (Å²) in [7, 11) is 0. The van der Waals surface area contributed by atoms with Crippen molar-refractivity contribution in [2.45, 2.75) is 0 Å². The maximum Gasteiger partial charge on any atom is 0.276 e. The monoisotopic (exact) mass is 332 g/mol. The third-order valence-electron chi connectivity index (χ3n) is 2.79. The van der Waals surface area contributed by atoms with E-state index in [0.29, 0.717) is 5.56 Å². The summed E-state index contributed by atoms with van der Waals surface area (Å²) in [5.41, 5.74) is 4.93. The lowest BCUT2D eigenvalue weighted by Crippen LogP contribution is -2.43. The van der Waals surface area contributed by atoms with E-state index in [1.807, 2.05) is 0 Å². The van der Waals surface area contributed by atoms with Crippen LogP contribution >= 0.6 is 0 Å². The number of ether oxygens (including phenoxy) is 1. The smallest absolute Gasteiger partial charge is 0.276 e. The Bertz CT molecular complexity index is 746. The van der Waals surface area contributed by atoms with Gasteiger partial charge in [0.15, 0.2) is 6.61 Å². The average molecular weight is 332 g/mol. The van der Waals surface area contributed by atoms with Crippen LogP contribution in [0.4, 0.5) is 8.78 Å². The fourth-order valence-corrected chi connectivity index (χ4v) is 1.66. The van der Waals surface area contributed by atoms with Crippen LogP contribution in [-0.2, 0) is 9.59 Å². The minimum absolute atomic E-state index is 0.202. The number of benzene rings is 2. The molecule has 0 heterocycles. The van der Waals surface area contributed by atoms with Crippen LogP contribution in [-0.4, -0.2) is 18.4 Å². The second-order valence-electron chi connectivity index (χ2n) is 4.67. The van der Waals surface area contributed by atoms with Crippen molar-refractivity contribution in [3.05, 3.63) is 71.8 Å². The second-order valence-corrected chi connectivity index (χ2v) is 4.67. The summed E-state index contributed by atoms with van der Waals surface area (Å²) in [4.78, 5) is 23.0. The molecule has 2 aromatic rings. The van der Waals surface area contributed by atoms with E-state index in [1.165, 1.54) is 54.6 Å². The molecule has 0 aromatic heterocycles. The zero-order valence-electron chi connectivity index (χ0n) is 12.5. The Morgan fingerprint density at radius 2 is 1.75 bits per heavy atom. The van der Waals surface area contributed by atoms with Crippen molar-refractivity contribution in [3.63, 3.8) is 0 Å². The van der Waals surface area contributed by atoms with E-state index in [9.17, 15) is 18.4 Å². The van der Waals surface area contributed by atoms with Crippen molar-refractivity contribution in [1.29, 1.82) is 0 Å². The maximum absolute atomic E-state index is 12.9. The number of amides is 2. The molecule has 2 aromatic carbocycles. The Kier molecular flexibility index (Phi) is 6.01. The Hall–Kier alpha value is -3.22. The van der Waals surface area contributed by atoms with Gasteiger partial charge in [-0.3, -0.25) is 20.4 Å². The van der Waals surface area contributed by atoms with Gasteiger partial charge in [0.05, 0.1) is 0 Å². The second kappa shape index (κ2) is 8.42. The molecule has 0 aliphatic carbocycles. The molecule has 0 spiro atoms. The SMILES string of the molecule is O=C(/C=C/c1ccc(F)cc1)NNC(=O)COc1cccc(F)c1. The van der Waals surface area contributed by atoms with Gasteiger partial charge in [0.25, 0.3) is 11.8 Å². The van der Waals surface area contributed by atoms with Gasteiger partial charge < -0.3 is 4.74 Å². The lowest BCUT2D eigenvalue weighted by Gasteiger charge is -2.07. The number of carbonyl (C=O) groups excluding carboxylic acids is 2. The molecular formula is C17H14F2N2O3. The molecule has 5 nitrogen and oxygen atoms in total. The molecule has 124 valence electrons. The molecule has 0 atom stereocenters. The van der Waals surface area contributed by atoms with Crippen molar-refractivity contribution >= 4 is 17.9 Å². The summed E-state index contributed by atoms with van der Waals surface area (Å²) in [5.74, 6) is -1.83. The van der Waals surface area contributed by atoms with Gasteiger partial charge >= 0.3 is 0 Å². The number of halogens is 2. The van der Waals surface area contributed by atoms with Gasteiger partial charge in [-0.2, -0.15) is 0 Å². The van der Waals surface area contributed by atoms with E-state index in [0.717, 1.165) is 6.07 Å². The lowest BCUT2D eigenvalue weighted by atomic mass is 10.2. The fourth-order valence-electron chi connectivity index (χ4n) is 1.66. The van der Waals surface area contributed by atoms with Gasteiger partial charge in [0.2, 0.25) is 0 Å². The minimum atomic E-state index is -0.609. The van der Waals surface area contributed by atoms with Crippen LogP contribution in [0, 0.1) is 11.6 Å². The van der Waals surface area contributed by atoms with E-state index in [2.05, 4.69) is 10.9 Å². The van der Waals surface area contributed by atoms with E-state index in [4.69, 9.17) is 4.74 Å². The van der Waals surface area contributed by atoms with E-state index < -0.39 is 17.6 Å². The van der Waals surface area contributed by atoms with Crippen LogP contribution in [0.3, 0.4) is 0 Å². The molecule has 0 aliphatic heterocycles. The van der Waals surface area contributed by atoms with Crippen LogP contribution in [0.5, 0.6) is 5.75 Å². The number of hydrogen-bond donors (Lipinski definition) is 2. The standard InChI is InChI=1S/C17H14F2N2O3/c18-13-7-4-12(5-8-13)6-9-16(22)20-21-17(23)11-24-15-3-1-2-14(19)10-15/h1-10H,11H2,(H,20,22)(H,21,23)/b9-6+. The van der Waals surface area contributed by atoms with Gasteiger partial charge in [0, 0.05) is 12.1 Å². The summed E-state index contributed by atoms with van der Waals surface area (Å²) < 4.78 is 30.7. The van der Waals surface area contributed by atoms with Gasteiger partial charge in [-0.25, -0.2) is 8.78 Å². The summed E-state index contributed by atoms with van der Waals surface area (Å²) >= 11 is 0. The Labute approximate surface area is 136 Å². The molecule has 24 heavy (non-hydrogen) atoms. The topological polar surface area (TPSA) is 67.4 Å². The van der Waals surface area contributed by atoms with Crippen molar-refractivity contribution in [3.8, 4) is 5.75 Å². The van der Waals surface area contributed by atoms with E-state index >= 15 is 0 Å². The normalized spacial score (nSPS) is 10.4. The zero-order valence-corrected chi connectivity index (χ0v) is 12.5. The molecule has 2 N–H and O–H groups in total. The summed E-state index contributed by atoms with van der Waals surface area (Å²) in [6, 6.07) is 10.9. The number of rotatable bonds is 5. The van der Waals surface area contributed by atoms with Gasteiger partial charge in [0.1, 0.15) is 17.4 Å². The highest BCUT2D eigenvalue weighted by Crippen LogP contribution is 2.11. The van der Waals surface area contributed by atoms with Crippen LogP contribution in [0.1, 0.15) is 5.56 Å². The first kappa shape index (κ1) is 17.1. The first-order chi connectivity index (χ1) is 11.5. The third-order valence-corrected chi connectivity index (χ3v) is 2.79. The highest BCUT2D eigenvalue weighted by Gasteiger charge is 2.04. The molecule has 0 fully saturated rings. The summed E-state index contributed by atoms with van der Waals surface area (Å²) in [5, 5.41) is 0. The predicted octanol–water partition coefficient (Wildman–Crippen LogP) is 2.20. The molecule has 0 unspecified atom stereocenters. The third kappa shape index (κ3) is 5.88. The number of hydrazine groups is 1. The average Bonchev–Trinajstić information content (AvgIpc) is 2.57. The van der Waals surface area contributed by atoms with Crippen molar-refractivity contribution in [2.24, 2.45) is 0 Å². The van der Waals surface area contributed by atoms with E-state index in [1.54, 1.807) is 0 Å². The van der Waals surface area contributed by atoms with Crippen LogP contribution < -0.4 is 15.6 Å². The van der Waals surface area contributed by atoms with Crippen LogP contribution in [0.15, 0.2) is 54.6 Å². The molecule has 0 bridgehead atoms. The van der Waals surface area contributed by atoms with Crippen molar-refractivity contribution in [1.82, 2.24) is 10.9 Å². The van der Waals surface area contributed by atoms with Crippen LogP contribution in [0.2, 0.25) is 0 Å². The molecule has 0 saturated heterocycles. The van der Waals surface area contributed by atoms with Crippen LogP contribution in [0.25, 0.3) is 6.08 Å². The Morgan fingerprint density at radius 3 is 2.46 bits per heavy atom. The summed E-state index contributed by atoms with van der Waals surface area (Å²) in [6.07, 6.45) is 2.64. The summed E-state index contributed by atoms with van der Waals surface area (Å²) in [6.45, 7) is -0.384. The quantitative estimate of drug-likeness (QED) is 0.652.